The molecule has 2 rings (SSSR count). The summed E-state index contributed by atoms with van der Waals surface area (Å²) in [5.74, 6) is -0.676. The number of aromatic nitrogens is 2. The summed E-state index contributed by atoms with van der Waals surface area (Å²) in [5, 5.41) is 0. The zero-order chi connectivity index (χ0) is 14.0. The summed E-state index contributed by atoms with van der Waals surface area (Å²) in [4.78, 5) is 8.49. The third-order valence-electron chi connectivity index (χ3n) is 2.84. The number of aryl methyl sites for hydroxylation is 1. The third kappa shape index (κ3) is 3.32. The first-order valence-electron chi connectivity index (χ1n) is 5.98. The van der Waals surface area contributed by atoms with Gasteiger partial charge in [-0.2, -0.15) is 0 Å². The van der Waals surface area contributed by atoms with Gasteiger partial charge in [0.1, 0.15) is 17.5 Å². The fourth-order valence-corrected chi connectivity index (χ4v) is 1.95. The van der Waals surface area contributed by atoms with E-state index in [0.29, 0.717) is 11.4 Å². The lowest BCUT2D eigenvalue weighted by atomic mass is 10.1. The summed E-state index contributed by atoms with van der Waals surface area (Å²) in [5.41, 5.74) is 7.94. The standard InChI is InChI=1S/C14H15F2N3/c1-8(17)13-7-18-14(19-9(13)2)5-10-3-11(15)6-12(16)4-10/h3-4,6-8H,5,17H2,1-2H3/t8-/m1/s1. The van der Waals surface area contributed by atoms with Crippen LogP contribution in [0.25, 0.3) is 0 Å². The second-order valence-electron chi connectivity index (χ2n) is 4.57. The zero-order valence-electron chi connectivity index (χ0n) is 10.8. The quantitative estimate of drug-likeness (QED) is 0.926. The van der Waals surface area contributed by atoms with Crippen LogP contribution in [0.2, 0.25) is 0 Å². The predicted molar refractivity (Wildman–Crippen MR) is 68.5 cm³/mol. The van der Waals surface area contributed by atoms with E-state index in [4.69, 9.17) is 5.73 Å². The Labute approximate surface area is 110 Å². The Morgan fingerprint density at radius 3 is 2.37 bits per heavy atom. The van der Waals surface area contributed by atoms with Crippen molar-refractivity contribution in [2.24, 2.45) is 5.73 Å². The first kappa shape index (κ1) is 13.5. The topological polar surface area (TPSA) is 51.8 Å². The highest BCUT2D eigenvalue weighted by molar-refractivity contribution is 5.24. The fourth-order valence-electron chi connectivity index (χ4n) is 1.95. The Kier molecular flexibility index (Phi) is 3.85. The minimum absolute atomic E-state index is 0.138. The Hall–Kier alpha value is -1.88. The van der Waals surface area contributed by atoms with E-state index < -0.39 is 11.6 Å². The van der Waals surface area contributed by atoms with Gasteiger partial charge in [-0.1, -0.05) is 0 Å². The third-order valence-corrected chi connectivity index (χ3v) is 2.84. The molecule has 0 aliphatic heterocycles. The molecule has 0 fully saturated rings. The van der Waals surface area contributed by atoms with Gasteiger partial charge >= 0.3 is 0 Å². The average Bonchev–Trinajstić information content (AvgIpc) is 2.26. The molecular weight excluding hydrogens is 248 g/mol. The molecule has 0 saturated carbocycles. The van der Waals surface area contributed by atoms with Gasteiger partial charge in [0.25, 0.3) is 0 Å². The van der Waals surface area contributed by atoms with Gasteiger partial charge in [-0.25, -0.2) is 18.7 Å². The fraction of sp³-hybridized carbons (Fsp3) is 0.286. The number of hydrogen-bond acceptors (Lipinski definition) is 3. The molecule has 3 nitrogen and oxygen atoms in total. The molecule has 2 N–H and O–H groups in total. The van der Waals surface area contributed by atoms with Crippen molar-refractivity contribution in [1.29, 1.82) is 0 Å². The van der Waals surface area contributed by atoms with Crippen molar-refractivity contribution in [2.75, 3.05) is 0 Å². The van der Waals surface area contributed by atoms with Crippen LogP contribution in [0.5, 0.6) is 0 Å². The molecule has 2 aromatic rings. The van der Waals surface area contributed by atoms with Crippen molar-refractivity contribution in [2.45, 2.75) is 26.3 Å². The average molecular weight is 263 g/mol. The first-order chi connectivity index (χ1) is 8.95. The highest BCUT2D eigenvalue weighted by Gasteiger charge is 2.08. The molecule has 0 saturated heterocycles. The maximum Gasteiger partial charge on any atom is 0.132 e. The molecule has 1 aromatic heterocycles. The van der Waals surface area contributed by atoms with E-state index in [9.17, 15) is 8.78 Å². The smallest absolute Gasteiger partial charge is 0.132 e. The summed E-state index contributed by atoms with van der Waals surface area (Å²) in [6.07, 6.45) is 1.95. The molecular formula is C14H15F2N3. The van der Waals surface area contributed by atoms with Gasteiger partial charge in [-0.3, -0.25) is 0 Å². The summed E-state index contributed by atoms with van der Waals surface area (Å²) in [7, 11) is 0. The van der Waals surface area contributed by atoms with Crippen LogP contribution < -0.4 is 5.73 Å². The van der Waals surface area contributed by atoms with Gasteiger partial charge in [0, 0.05) is 36.0 Å². The summed E-state index contributed by atoms with van der Waals surface area (Å²) < 4.78 is 26.2. The van der Waals surface area contributed by atoms with Gasteiger partial charge in [0.05, 0.1) is 0 Å². The van der Waals surface area contributed by atoms with Gasteiger partial charge in [-0.05, 0) is 31.5 Å². The van der Waals surface area contributed by atoms with E-state index in [1.807, 2.05) is 13.8 Å². The van der Waals surface area contributed by atoms with E-state index in [-0.39, 0.29) is 12.5 Å². The zero-order valence-corrected chi connectivity index (χ0v) is 10.8. The lowest BCUT2D eigenvalue weighted by molar-refractivity contribution is 0.580. The van der Waals surface area contributed by atoms with Gasteiger partial charge in [0.2, 0.25) is 0 Å². The van der Waals surface area contributed by atoms with Crippen molar-refractivity contribution in [3.63, 3.8) is 0 Å². The number of benzene rings is 1. The molecule has 0 unspecified atom stereocenters. The van der Waals surface area contributed by atoms with E-state index in [1.165, 1.54) is 12.1 Å². The highest BCUT2D eigenvalue weighted by Crippen LogP contribution is 2.15. The molecule has 0 aliphatic rings. The molecule has 1 atom stereocenters. The normalized spacial score (nSPS) is 12.5. The van der Waals surface area contributed by atoms with Crippen LogP contribution in [-0.4, -0.2) is 9.97 Å². The van der Waals surface area contributed by atoms with Gasteiger partial charge in [-0.15, -0.1) is 0 Å². The predicted octanol–water partition coefficient (Wildman–Crippen LogP) is 2.67. The second kappa shape index (κ2) is 5.40. The number of nitrogens with zero attached hydrogens (tertiary/aromatic N) is 2. The van der Waals surface area contributed by atoms with Crippen molar-refractivity contribution in [1.82, 2.24) is 9.97 Å². The monoisotopic (exact) mass is 263 g/mol. The van der Waals surface area contributed by atoms with E-state index >= 15 is 0 Å². The van der Waals surface area contributed by atoms with Crippen LogP contribution in [0.4, 0.5) is 8.78 Å². The lowest BCUT2D eigenvalue weighted by Gasteiger charge is -2.09. The Balaban J connectivity index is 2.26. The van der Waals surface area contributed by atoms with Gasteiger partial charge in [0.15, 0.2) is 0 Å². The Morgan fingerprint density at radius 2 is 1.84 bits per heavy atom. The molecule has 100 valence electrons. The van der Waals surface area contributed by atoms with Gasteiger partial charge < -0.3 is 5.73 Å². The number of rotatable bonds is 3. The number of hydrogen-bond donors (Lipinski definition) is 1. The molecule has 19 heavy (non-hydrogen) atoms. The highest BCUT2D eigenvalue weighted by atomic mass is 19.1. The summed E-state index contributed by atoms with van der Waals surface area (Å²) in [6, 6.07) is 3.26. The maximum absolute atomic E-state index is 13.1. The molecule has 0 bridgehead atoms. The van der Waals surface area contributed by atoms with Crippen molar-refractivity contribution < 1.29 is 8.78 Å². The maximum atomic E-state index is 13.1. The van der Waals surface area contributed by atoms with E-state index in [2.05, 4.69) is 9.97 Å². The van der Waals surface area contributed by atoms with Crippen LogP contribution >= 0.6 is 0 Å². The lowest BCUT2D eigenvalue weighted by Crippen LogP contribution is -2.10. The summed E-state index contributed by atoms with van der Waals surface area (Å²) in [6.45, 7) is 3.70. The molecule has 0 aliphatic carbocycles. The van der Waals surface area contributed by atoms with Crippen LogP contribution in [0.3, 0.4) is 0 Å². The molecule has 0 spiro atoms. The van der Waals surface area contributed by atoms with Crippen molar-refractivity contribution >= 4 is 0 Å². The SMILES string of the molecule is Cc1nc(Cc2cc(F)cc(F)c2)ncc1[C@@H](C)N. The molecule has 0 amide bonds. The van der Waals surface area contributed by atoms with Crippen LogP contribution in [0, 0.1) is 18.6 Å². The van der Waals surface area contributed by atoms with Crippen molar-refractivity contribution in [3.8, 4) is 0 Å². The van der Waals surface area contributed by atoms with Crippen molar-refractivity contribution in [3.05, 3.63) is 58.7 Å². The number of nitrogens with two attached hydrogens (primary N) is 1. The number of halogens is 2. The molecule has 5 heteroatoms. The molecule has 1 heterocycles. The van der Waals surface area contributed by atoms with Crippen LogP contribution in [-0.2, 0) is 6.42 Å². The minimum Gasteiger partial charge on any atom is -0.324 e. The minimum atomic E-state index is -0.598. The Bertz CT molecular complexity index is 577. The van der Waals surface area contributed by atoms with E-state index in [1.54, 1.807) is 6.20 Å². The van der Waals surface area contributed by atoms with E-state index in [0.717, 1.165) is 17.3 Å². The largest absolute Gasteiger partial charge is 0.324 e. The van der Waals surface area contributed by atoms with Crippen LogP contribution in [0.1, 0.15) is 35.6 Å². The van der Waals surface area contributed by atoms with Crippen LogP contribution in [0.15, 0.2) is 24.4 Å². The first-order valence-corrected chi connectivity index (χ1v) is 5.98. The second-order valence-corrected chi connectivity index (χ2v) is 4.57. The molecule has 0 radical (unpaired) electrons. The molecule has 1 aromatic carbocycles. The summed E-state index contributed by atoms with van der Waals surface area (Å²) >= 11 is 0. The Morgan fingerprint density at radius 1 is 1.21 bits per heavy atom.